The number of hydrogen-bond acceptors (Lipinski definition) is 7. The van der Waals surface area contributed by atoms with Crippen molar-refractivity contribution in [2.45, 2.75) is 39.0 Å². The van der Waals surface area contributed by atoms with Crippen LogP contribution in [-0.2, 0) is 12.8 Å². The van der Waals surface area contributed by atoms with Crippen molar-refractivity contribution in [1.29, 1.82) is 5.26 Å². The topological polar surface area (TPSA) is 111 Å². The van der Waals surface area contributed by atoms with Crippen LogP contribution in [0.4, 0.5) is 16.4 Å². The molecular formula is C22H23N5O3S2. The van der Waals surface area contributed by atoms with Gasteiger partial charge in [0.15, 0.2) is 5.11 Å². The molecule has 8 nitrogen and oxygen atoms in total. The Labute approximate surface area is 195 Å². The summed E-state index contributed by atoms with van der Waals surface area (Å²) in [5, 5.41) is 27.5. The van der Waals surface area contributed by atoms with Crippen LogP contribution in [0.3, 0.4) is 0 Å². The largest absolute Gasteiger partial charge is 0.366 e. The smallest absolute Gasteiger partial charge is 0.293 e. The maximum absolute atomic E-state index is 12.7. The van der Waals surface area contributed by atoms with Crippen LogP contribution in [0.15, 0.2) is 18.2 Å². The van der Waals surface area contributed by atoms with Gasteiger partial charge in [0.05, 0.1) is 10.5 Å². The fourth-order valence-electron chi connectivity index (χ4n) is 4.30. The van der Waals surface area contributed by atoms with Crippen LogP contribution < -0.4 is 15.5 Å². The van der Waals surface area contributed by atoms with Crippen LogP contribution in [0, 0.1) is 27.4 Å². The van der Waals surface area contributed by atoms with E-state index in [0.29, 0.717) is 22.2 Å². The van der Waals surface area contributed by atoms with E-state index in [9.17, 15) is 20.2 Å². The van der Waals surface area contributed by atoms with Crippen molar-refractivity contribution in [3.8, 4) is 6.07 Å². The summed E-state index contributed by atoms with van der Waals surface area (Å²) in [6, 6.07) is 6.74. The lowest BCUT2D eigenvalue weighted by molar-refractivity contribution is -0.384. The summed E-state index contributed by atoms with van der Waals surface area (Å²) in [6.07, 6.45) is 4.83. The lowest BCUT2D eigenvalue weighted by atomic mass is 9.89. The van der Waals surface area contributed by atoms with E-state index in [2.05, 4.69) is 23.6 Å². The van der Waals surface area contributed by atoms with Gasteiger partial charge in [0.25, 0.3) is 11.6 Å². The molecule has 2 N–H and O–H groups in total. The predicted octanol–water partition coefficient (Wildman–Crippen LogP) is 4.38. The van der Waals surface area contributed by atoms with Crippen LogP contribution in [0.5, 0.6) is 0 Å². The number of carbonyl (C=O) groups excluding carboxylic acids is 1. The highest BCUT2D eigenvalue weighted by molar-refractivity contribution is 7.80. The number of nitrogens with one attached hydrogen (secondary N) is 2. The molecule has 1 aromatic heterocycles. The minimum Gasteiger partial charge on any atom is -0.366 e. The van der Waals surface area contributed by atoms with Crippen LogP contribution >= 0.6 is 23.6 Å². The number of hydrogen-bond donors (Lipinski definition) is 2. The molecule has 2 heterocycles. The Morgan fingerprint density at radius 1 is 1.38 bits per heavy atom. The summed E-state index contributed by atoms with van der Waals surface area (Å²) >= 11 is 6.79. The molecule has 4 rings (SSSR count). The molecule has 0 saturated carbocycles. The SMILES string of the molecule is C[C@H]1CCc2c(sc(NC(=S)NC(=O)c3ccc(N4CCCC4)c([N+](=O)[O-])c3)c2C#N)C1. The highest BCUT2D eigenvalue weighted by atomic mass is 32.1. The van der Waals surface area contributed by atoms with Gasteiger partial charge in [-0.2, -0.15) is 5.26 Å². The first kappa shape index (κ1) is 22.2. The number of nitriles is 1. The van der Waals surface area contributed by atoms with Gasteiger partial charge in [-0.1, -0.05) is 6.92 Å². The van der Waals surface area contributed by atoms with Gasteiger partial charge in [0.1, 0.15) is 16.8 Å². The molecule has 0 radical (unpaired) electrons. The molecule has 2 aromatic rings. The quantitative estimate of drug-likeness (QED) is 0.388. The van der Waals surface area contributed by atoms with Crippen molar-refractivity contribution in [2.75, 3.05) is 23.3 Å². The maximum Gasteiger partial charge on any atom is 0.293 e. The Morgan fingerprint density at radius 3 is 2.81 bits per heavy atom. The number of rotatable bonds is 4. The van der Waals surface area contributed by atoms with Crippen molar-refractivity contribution < 1.29 is 9.72 Å². The standard InChI is InChI=1S/C22H23N5O3S2/c1-13-4-6-15-16(12-23)21(32-19(15)10-13)25-22(31)24-20(28)14-5-7-17(18(11-14)27(29)30)26-8-2-3-9-26/h5,7,11,13H,2-4,6,8-10H2,1H3,(H2,24,25,28,31)/t13-/m0/s1. The first-order valence-corrected chi connectivity index (χ1v) is 11.8. The molecule has 1 aromatic carbocycles. The van der Waals surface area contributed by atoms with Crippen molar-refractivity contribution in [3.05, 3.63) is 49.9 Å². The number of nitro groups is 1. The summed E-state index contributed by atoms with van der Waals surface area (Å²) in [5.74, 6) is 0.0403. The van der Waals surface area contributed by atoms with Gasteiger partial charge in [-0.15, -0.1) is 11.3 Å². The van der Waals surface area contributed by atoms with Gasteiger partial charge < -0.3 is 10.2 Å². The van der Waals surface area contributed by atoms with E-state index in [1.54, 1.807) is 12.1 Å². The van der Waals surface area contributed by atoms with E-state index in [1.807, 2.05) is 4.90 Å². The Morgan fingerprint density at radius 2 is 2.12 bits per heavy atom. The molecule has 1 atom stereocenters. The van der Waals surface area contributed by atoms with Gasteiger partial charge in [0.2, 0.25) is 0 Å². The number of amides is 1. The number of thiophene rings is 1. The summed E-state index contributed by atoms with van der Waals surface area (Å²) in [6.45, 7) is 3.73. The second kappa shape index (κ2) is 9.22. The van der Waals surface area contributed by atoms with E-state index in [4.69, 9.17) is 12.2 Å². The molecule has 0 spiro atoms. The fourth-order valence-corrected chi connectivity index (χ4v) is 5.93. The van der Waals surface area contributed by atoms with E-state index in [1.165, 1.54) is 22.3 Å². The Balaban J connectivity index is 1.49. The third-order valence-electron chi connectivity index (χ3n) is 5.96. The number of thiocarbonyl (C=S) groups is 1. The van der Waals surface area contributed by atoms with E-state index >= 15 is 0 Å². The van der Waals surface area contributed by atoms with Crippen LogP contribution in [-0.4, -0.2) is 29.0 Å². The number of nitro benzene ring substituents is 1. The average Bonchev–Trinajstić information content (AvgIpc) is 3.40. The highest BCUT2D eigenvalue weighted by Crippen LogP contribution is 2.39. The Hall–Kier alpha value is -3.03. The number of carbonyl (C=O) groups is 1. The summed E-state index contributed by atoms with van der Waals surface area (Å²) in [5.41, 5.74) is 2.25. The normalized spacial score (nSPS) is 17.4. The number of anilines is 2. The zero-order valence-corrected chi connectivity index (χ0v) is 19.3. The number of benzene rings is 1. The van der Waals surface area contributed by atoms with Gasteiger partial charge in [-0.25, -0.2) is 0 Å². The van der Waals surface area contributed by atoms with Crippen molar-refractivity contribution in [3.63, 3.8) is 0 Å². The third-order valence-corrected chi connectivity index (χ3v) is 7.33. The highest BCUT2D eigenvalue weighted by Gasteiger charge is 2.26. The zero-order valence-electron chi connectivity index (χ0n) is 17.6. The minimum atomic E-state index is -0.535. The molecule has 10 heteroatoms. The van der Waals surface area contributed by atoms with Crippen LogP contribution in [0.25, 0.3) is 0 Å². The van der Waals surface area contributed by atoms with Gasteiger partial charge in [-0.3, -0.25) is 20.2 Å². The van der Waals surface area contributed by atoms with Crippen molar-refractivity contribution in [2.24, 2.45) is 5.92 Å². The molecular weight excluding hydrogens is 446 g/mol. The molecule has 2 aliphatic rings. The first-order valence-electron chi connectivity index (χ1n) is 10.6. The lowest BCUT2D eigenvalue weighted by Gasteiger charge is -2.18. The lowest BCUT2D eigenvalue weighted by Crippen LogP contribution is -2.34. The van der Waals surface area contributed by atoms with Crippen molar-refractivity contribution >= 4 is 51.0 Å². The zero-order chi connectivity index (χ0) is 22.8. The summed E-state index contributed by atoms with van der Waals surface area (Å²) in [7, 11) is 0. The van der Waals surface area contributed by atoms with E-state index in [-0.39, 0.29) is 16.4 Å². The first-order chi connectivity index (χ1) is 15.4. The minimum absolute atomic E-state index is 0.0596. The number of nitrogens with zero attached hydrogens (tertiary/aromatic N) is 3. The molecule has 32 heavy (non-hydrogen) atoms. The van der Waals surface area contributed by atoms with Crippen LogP contribution in [0.1, 0.15) is 52.5 Å². The van der Waals surface area contributed by atoms with Gasteiger partial charge in [-0.05, 0) is 67.9 Å². The molecule has 166 valence electrons. The number of fused-ring (bicyclic) bond motifs is 1. The molecule has 1 aliphatic heterocycles. The van der Waals surface area contributed by atoms with E-state index in [0.717, 1.165) is 50.8 Å². The molecule has 1 saturated heterocycles. The second-order valence-corrected chi connectivity index (χ2v) is 9.74. The summed E-state index contributed by atoms with van der Waals surface area (Å²) < 4.78 is 0. The summed E-state index contributed by atoms with van der Waals surface area (Å²) in [4.78, 5) is 27.0. The monoisotopic (exact) mass is 469 g/mol. The Kier molecular flexibility index (Phi) is 6.39. The molecule has 0 bridgehead atoms. The molecule has 1 fully saturated rings. The van der Waals surface area contributed by atoms with Gasteiger partial charge >= 0.3 is 0 Å². The predicted molar refractivity (Wildman–Crippen MR) is 128 cm³/mol. The van der Waals surface area contributed by atoms with Gasteiger partial charge in [0, 0.05) is 29.6 Å². The average molecular weight is 470 g/mol. The van der Waals surface area contributed by atoms with Crippen molar-refractivity contribution in [1.82, 2.24) is 5.32 Å². The molecule has 1 amide bonds. The van der Waals surface area contributed by atoms with Crippen LogP contribution in [0.2, 0.25) is 0 Å². The van der Waals surface area contributed by atoms with E-state index < -0.39 is 10.8 Å². The molecule has 0 unspecified atom stereocenters. The third kappa shape index (κ3) is 4.45. The fraction of sp³-hybridized carbons (Fsp3) is 0.409. The maximum atomic E-state index is 12.7. The molecule has 1 aliphatic carbocycles. The Bertz CT molecular complexity index is 1130. The second-order valence-electron chi connectivity index (χ2n) is 8.23.